The number of esters is 1. The molecule has 0 unspecified atom stereocenters. The van der Waals surface area contributed by atoms with Gasteiger partial charge in [0.25, 0.3) is 5.69 Å². The van der Waals surface area contributed by atoms with Gasteiger partial charge in [0.1, 0.15) is 0 Å². The second-order valence-electron chi connectivity index (χ2n) is 9.49. The van der Waals surface area contributed by atoms with Crippen molar-refractivity contribution in [2.75, 3.05) is 11.5 Å². The second-order valence-corrected chi connectivity index (χ2v) is 9.49. The first-order chi connectivity index (χ1) is 16.9. The van der Waals surface area contributed by atoms with Crippen molar-refractivity contribution in [2.24, 2.45) is 35.5 Å². The van der Waals surface area contributed by atoms with Crippen LogP contribution in [-0.2, 0) is 14.3 Å². The fraction of sp³-hybridized carbons (Fsp3) is 0.308. The third-order valence-corrected chi connectivity index (χ3v) is 7.76. The average molecular weight is 472 g/mol. The number of nitro benzene ring substituents is 1. The molecular weight excluding hydrogens is 452 g/mol. The van der Waals surface area contributed by atoms with Crippen molar-refractivity contribution < 1.29 is 28.8 Å². The van der Waals surface area contributed by atoms with Gasteiger partial charge in [0, 0.05) is 17.7 Å². The van der Waals surface area contributed by atoms with Gasteiger partial charge in [-0.15, -0.1) is 0 Å². The van der Waals surface area contributed by atoms with Gasteiger partial charge in [-0.1, -0.05) is 24.3 Å². The Labute approximate surface area is 199 Å². The first-order valence-corrected chi connectivity index (χ1v) is 11.5. The zero-order chi connectivity index (χ0) is 24.4. The molecule has 7 rings (SSSR count). The van der Waals surface area contributed by atoms with Crippen molar-refractivity contribution in [3.05, 3.63) is 81.9 Å². The molecule has 5 aliphatic rings. The summed E-state index contributed by atoms with van der Waals surface area (Å²) in [6.07, 6.45) is 5.22. The minimum absolute atomic E-state index is 0.0230. The SMILES string of the molecule is O=C(COC(=O)c1ccccc1N1C(=O)[C@H]2[C@@H]3C=C[C@@H]([C@H]4C[C@H]34)[C@@H]2C1=O)c1ccc([N+](=O)[O-])cc1. The van der Waals surface area contributed by atoms with E-state index in [4.69, 9.17) is 4.74 Å². The van der Waals surface area contributed by atoms with Gasteiger partial charge in [-0.25, -0.2) is 9.69 Å². The van der Waals surface area contributed by atoms with E-state index in [-0.39, 0.29) is 46.2 Å². The molecule has 1 saturated heterocycles. The number of nitrogens with zero attached hydrogens (tertiary/aromatic N) is 2. The molecule has 2 aromatic carbocycles. The lowest BCUT2D eigenvalue weighted by atomic mass is 9.63. The van der Waals surface area contributed by atoms with Crippen LogP contribution >= 0.6 is 0 Å². The topological polar surface area (TPSA) is 124 Å². The number of Topliss-reactive ketones (excluding diaryl/α,β-unsaturated/α-hetero) is 1. The molecule has 2 saturated carbocycles. The van der Waals surface area contributed by atoms with E-state index in [0.29, 0.717) is 11.8 Å². The lowest BCUT2D eigenvalue weighted by Gasteiger charge is -2.37. The molecule has 6 atom stereocenters. The second kappa shape index (κ2) is 7.69. The van der Waals surface area contributed by atoms with Crippen molar-refractivity contribution in [2.45, 2.75) is 6.42 Å². The van der Waals surface area contributed by atoms with Gasteiger partial charge in [-0.3, -0.25) is 24.5 Å². The molecule has 35 heavy (non-hydrogen) atoms. The number of ether oxygens (including phenoxy) is 1. The van der Waals surface area contributed by atoms with Crippen LogP contribution in [-0.4, -0.2) is 35.1 Å². The number of amides is 2. The monoisotopic (exact) mass is 472 g/mol. The summed E-state index contributed by atoms with van der Waals surface area (Å²) in [5.41, 5.74) is 0.189. The Morgan fingerprint density at radius 2 is 1.54 bits per heavy atom. The van der Waals surface area contributed by atoms with E-state index in [1.807, 2.05) is 0 Å². The summed E-state index contributed by atoms with van der Waals surface area (Å²) < 4.78 is 5.21. The number of hydrogen-bond donors (Lipinski definition) is 0. The Bertz CT molecular complexity index is 1300. The Morgan fingerprint density at radius 3 is 2.14 bits per heavy atom. The van der Waals surface area contributed by atoms with Crippen LogP contribution in [0.3, 0.4) is 0 Å². The van der Waals surface area contributed by atoms with Crippen LogP contribution in [0.5, 0.6) is 0 Å². The molecule has 9 nitrogen and oxygen atoms in total. The summed E-state index contributed by atoms with van der Waals surface area (Å²) in [6, 6.07) is 11.2. The van der Waals surface area contributed by atoms with E-state index in [1.165, 1.54) is 36.4 Å². The van der Waals surface area contributed by atoms with E-state index in [2.05, 4.69) is 12.2 Å². The van der Waals surface area contributed by atoms with Gasteiger partial charge in [0.2, 0.25) is 11.8 Å². The molecule has 0 aromatic heterocycles. The Balaban J connectivity index is 1.21. The first-order valence-electron chi connectivity index (χ1n) is 11.5. The summed E-state index contributed by atoms with van der Waals surface area (Å²) in [5, 5.41) is 10.8. The standard InChI is InChI=1S/C26H20N2O7/c29-21(13-5-7-14(8-6-13)28(33)34)12-35-26(32)17-3-1-2-4-20(17)27-24(30)22-15-9-10-16(19-11-18(15)19)23(22)25(27)31/h1-10,15-16,18-19,22-23H,11-12H2/t15-,16+,18-,19-,22+,23+/m1/s1. The fourth-order valence-corrected chi connectivity index (χ4v) is 6.10. The molecule has 1 heterocycles. The quantitative estimate of drug-likeness (QED) is 0.158. The van der Waals surface area contributed by atoms with Crippen molar-refractivity contribution in [3.63, 3.8) is 0 Å². The van der Waals surface area contributed by atoms with E-state index in [0.717, 1.165) is 11.3 Å². The lowest BCUT2D eigenvalue weighted by molar-refractivity contribution is -0.384. The highest BCUT2D eigenvalue weighted by atomic mass is 16.6. The Kier molecular flexibility index (Phi) is 4.70. The van der Waals surface area contributed by atoms with E-state index in [9.17, 15) is 29.3 Å². The van der Waals surface area contributed by atoms with Crippen molar-refractivity contribution in [1.29, 1.82) is 0 Å². The Morgan fingerprint density at radius 1 is 0.943 bits per heavy atom. The molecule has 0 spiro atoms. The van der Waals surface area contributed by atoms with Crippen LogP contribution in [0.25, 0.3) is 0 Å². The van der Waals surface area contributed by atoms with E-state index in [1.54, 1.807) is 12.1 Å². The van der Waals surface area contributed by atoms with Crippen LogP contribution in [0.4, 0.5) is 11.4 Å². The summed E-state index contributed by atoms with van der Waals surface area (Å²) in [5.74, 6) is -1.67. The number of non-ortho nitro benzene ring substituents is 1. The maximum absolute atomic E-state index is 13.4. The van der Waals surface area contributed by atoms with Crippen LogP contribution in [0.1, 0.15) is 27.1 Å². The summed E-state index contributed by atoms with van der Waals surface area (Å²) >= 11 is 0. The highest BCUT2D eigenvalue weighted by Crippen LogP contribution is 2.65. The largest absolute Gasteiger partial charge is 0.454 e. The maximum Gasteiger partial charge on any atom is 0.340 e. The lowest BCUT2D eigenvalue weighted by Crippen LogP contribution is -2.40. The van der Waals surface area contributed by atoms with Crippen LogP contribution in [0, 0.1) is 45.6 Å². The number of para-hydroxylation sites is 1. The maximum atomic E-state index is 13.4. The molecule has 3 fully saturated rings. The highest BCUT2D eigenvalue weighted by Gasteiger charge is 2.67. The number of ketones is 1. The first kappa shape index (κ1) is 21.4. The molecule has 0 radical (unpaired) electrons. The number of rotatable bonds is 6. The molecule has 1 aliphatic heterocycles. The zero-order valence-corrected chi connectivity index (χ0v) is 18.4. The fourth-order valence-electron chi connectivity index (χ4n) is 6.10. The number of carbonyl (C=O) groups excluding carboxylic acids is 4. The number of carbonyl (C=O) groups is 4. The minimum atomic E-state index is -0.838. The van der Waals surface area contributed by atoms with E-state index < -0.39 is 35.1 Å². The predicted octanol–water partition coefficient (Wildman–Crippen LogP) is 3.19. The van der Waals surface area contributed by atoms with E-state index >= 15 is 0 Å². The van der Waals surface area contributed by atoms with Gasteiger partial charge < -0.3 is 4.74 Å². The number of hydrogen-bond acceptors (Lipinski definition) is 7. The number of benzene rings is 2. The van der Waals surface area contributed by atoms with Gasteiger partial charge in [-0.2, -0.15) is 0 Å². The van der Waals surface area contributed by atoms with Crippen molar-refractivity contribution >= 4 is 34.9 Å². The van der Waals surface area contributed by atoms with Crippen molar-refractivity contribution in [3.8, 4) is 0 Å². The van der Waals surface area contributed by atoms with Gasteiger partial charge in [0.05, 0.1) is 28.0 Å². The van der Waals surface area contributed by atoms with Gasteiger partial charge in [-0.05, 0) is 54.4 Å². The number of allylic oxidation sites excluding steroid dienone is 2. The normalized spacial score (nSPS) is 29.5. The van der Waals surface area contributed by atoms with Gasteiger partial charge >= 0.3 is 5.97 Å². The van der Waals surface area contributed by atoms with Crippen molar-refractivity contribution in [1.82, 2.24) is 0 Å². The third kappa shape index (κ3) is 3.22. The smallest absolute Gasteiger partial charge is 0.340 e. The van der Waals surface area contributed by atoms with Gasteiger partial charge in [0.15, 0.2) is 12.4 Å². The number of anilines is 1. The molecular formula is C26H20N2O7. The van der Waals surface area contributed by atoms with Crippen LogP contribution < -0.4 is 4.90 Å². The predicted molar refractivity (Wildman–Crippen MR) is 121 cm³/mol. The third-order valence-electron chi connectivity index (χ3n) is 7.76. The average Bonchev–Trinajstić information content (AvgIpc) is 3.65. The van der Waals surface area contributed by atoms with Crippen LogP contribution in [0.2, 0.25) is 0 Å². The summed E-state index contributed by atoms with van der Waals surface area (Å²) in [6.45, 7) is -0.588. The number of imide groups is 1. The molecule has 9 heteroatoms. The molecule has 176 valence electrons. The molecule has 0 N–H and O–H groups in total. The molecule has 2 amide bonds. The summed E-state index contributed by atoms with van der Waals surface area (Å²) in [4.78, 5) is 63.5. The van der Waals surface area contributed by atoms with Crippen LogP contribution in [0.15, 0.2) is 60.7 Å². The Hall–Kier alpha value is -4.14. The minimum Gasteiger partial charge on any atom is -0.454 e. The zero-order valence-electron chi connectivity index (χ0n) is 18.4. The molecule has 2 aromatic rings. The highest BCUT2D eigenvalue weighted by molar-refractivity contribution is 6.24. The number of nitro groups is 1. The molecule has 2 bridgehead atoms. The molecule has 4 aliphatic carbocycles. The summed E-state index contributed by atoms with van der Waals surface area (Å²) in [7, 11) is 0.